The van der Waals surface area contributed by atoms with Crippen LogP contribution in [0.4, 0.5) is 0 Å². The maximum absolute atomic E-state index is 5.84. The first kappa shape index (κ1) is 16.0. The maximum Gasteiger partial charge on any atom is 0.119 e. The average Bonchev–Trinajstić information content (AvgIpc) is 2.45. The fraction of sp³-hybridized carbons (Fsp3) is 0.625. The molecule has 0 fully saturated rings. The summed E-state index contributed by atoms with van der Waals surface area (Å²) in [5.41, 5.74) is 1.03. The van der Waals surface area contributed by atoms with Crippen LogP contribution in [0.2, 0.25) is 0 Å². The molecule has 0 saturated carbocycles. The molecule has 1 aromatic rings. The third-order valence-corrected chi connectivity index (χ3v) is 3.92. The molecule has 0 aliphatic carbocycles. The van der Waals surface area contributed by atoms with Gasteiger partial charge in [-0.15, -0.1) is 0 Å². The third-order valence-electron chi connectivity index (χ3n) is 3.92. The minimum Gasteiger partial charge on any atom is -0.494 e. The van der Waals surface area contributed by atoms with Gasteiger partial charge in [-0.1, -0.05) is 26.0 Å². The van der Waals surface area contributed by atoms with Crippen molar-refractivity contribution >= 4 is 0 Å². The van der Waals surface area contributed by atoms with Gasteiger partial charge in [0.05, 0.1) is 18.2 Å². The molecule has 1 aromatic carbocycles. The van der Waals surface area contributed by atoms with Crippen molar-refractivity contribution in [1.29, 1.82) is 0 Å². The van der Waals surface area contributed by atoms with E-state index < -0.39 is 0 Å². The van der Waals surface area contributed by atoms with Crippen LogP contribution in [-0.4, -0.2) is 26.4 Å². The number of methoxy groups -OCH3 is 1. The minimum absolute atomic E-state index is 0.160. The fourth-order valence-electron chi connectivity index (χ4n) is 2.75. The van der Waals surface area contributed by atoms with Crippen molar-refractivity contribution in [2.75, 3.05) is 20.8 Å². The highest BCUT2D eigenvalue weighted by molar-refractivity contribution is 5.32. The zero-order chi connectivity index (χ0) is 14.3. The Kier molecular flexibility index (Phi) is 6.32. The molecular formula is C16H27NO2. The van der Waals surface area contributed by atoms with Crippen LogP contribution in [-0.2, 0) is 4.74 Å². The van der Waals surface area contributed by atoms with Gasteiger partial charge in [0.2, 0.25) is 0 Å². The number of nitrogens with one attached hydrogen (secondary N) is 1. The van der Waals surface area contributed by atoms with Crippen molar-refractivity contribution in [3.8, 4) is 5.75 Å². The SMILES string of the molecule is CCOc1cccc(C(NC)C(CC)(CC)OC)c1. The highest BCUT2D eigenvalue weighted by Crippen LogP contribution is 2.35. The van der Waals surface area contributed by atoms with Crippen molar-refractivity contribution in [3.63, 3.8) is 0 Å². The van der Waals surface area contributed by atoms with Crippen molar-refractivity contribution in [2.45, 2.75) is 45.3 Å². The van der Waals surface area contributed by atoms with Crippen molar-refractivity contribution in [2.24, 2.45) is 0 Å². The van der Waals surface area contributed by atoms with Crippen molar-refractivity contribution < 1.29 is 9.47 Å². The van der Waals surface area contributed by atoms with Gasteiger partial charge in [-0.05, 0) is 44.5 Å². The zero-order valence-corrected chi connectivity index (χ0v) is 12.8. The van der Waals surface area contributed by atoms with Gasteiger partial charge in [0, 0.05) is 7.11 Å². The Morgan fingerprint density at radius 1 is 1.21 bits per heavy atom. The molecule has 108 valence electrons. The summed E-state index contributed by atoms with van der Waals surface area (Å²) in [7, 11) is 3.78. The van der Waals surface area contributed by atoms with Gasteiger partial charge >= 0.3 is 0 Å². The smallest absolute Gasteiger partial charge is 0.119 e. The summed E-state index contributed by atoms with van der Waals surface area (Å²) < 4.78 is 11.4. The Morgan fingerprint density at radius 2 is 1.89 bits per heavy atom. The Morgan fingerprint density at radius 3 is 2.37 bits per heavy atom. The molecule has 0 aliphatic rings. The quantitative estimate of drug-likeness (QED) is 0.779. The van der Waals surface area contributed by atoms with E-state index in [1.807, 2.05) is 26.1 Å². The number of ether oxygens (including phenoxy) is 2. The standard InChI is InChI=1S/C16H27NO2/c1-6-16(7-2,18-5)15(17-4)13-10-9-11-14(12-13)19-8-3/h9-12,15,17H,6-8H2,1-5H3. The molecule has 0 heterocycles. The zero-order valence-electron chi connectivity index (χ0n) is 12.8. The van der Waals surface area contributed by atoms with E-state index in [0.29, 0.717) is 6.61 Å². The fourth-order valence-corrected chi connectivity index (χ4v) is 2.75. The minimum atomic E-state index is -0.181. The highest BCUT2D eigenvalue weighted by Gasteiger charge is 2.36. The average molecular weight is 265 g/mol. The third kappa shape index (κ3) is 3.48. The lowest BCUT2D eigenvalue weighted by Crippen LogP contribution is -2.43. The predicted molar refractivity (Wildman–Crippen MR) is 79.7 cm³/mol. The molecule has 1 unspecified atom stereocenters. The second-order valence-corrected chi connectivity index (χ2v) is 4.70. The lowest BCUT2D eigenvalue weighted by molar-refractivity contribution is -0.0468. The number of likely N-dealkylation sites (N-methyl/N-ethyl adjacent to an activating group) is 1. The van der Waals surface area contributed by atoms with Gasteiger partial charge in [-0.25, -0.2) is 0 Å². The highest BCUT2D eigenvalue weighted by atomic mass is 16.5. The van der Waals surface area contributed by atoms with Crippen LogP contribution in [0, 0.1) is 0 Å². The second kappa shape index (κ2) is 7.51. The molecule has 1 N–H and O–H groups in total. The summed E-state index contributed by atoms with van der Waals surface area (Å²) in [5, 5.41) is 3.40. The number of rotatable bonds is 8. The first-order valence-electron chi connectivity index (χ1n) is 7.12. The molecule has 0 amide bonds. The van der Waals surface area contributed by atoms with Crippen LogP contribution in [0.5, 0.6) is 5.75 Å². The summed E-state index contributed by atoms with van der Waals surface area (Å²) in [6.45, 7) is 7.03. The molecule has 0 bridgehead atoms. The van der Waals surface area contributed by atoms with Gasteiger partial charge in [-0.3, -0.25) is 0 Å². The van der Waals surface area contributed by atoms with Gasteiger partial charge in [0.1, 0.15) is 5.75 Å². The second-order valence-electron chi connectivity index (χ2n) is 4.70. The van der Waals surface area contributed by atoms with Gasteiger partial charge in [-0.2, -0.15) is 0 Å². The Balaban J connectivity index is 3.11. The topological polar surface area (TPSA) is 30.5 Å². The molecule has 19 heavy (non-hydrogen) atoms. The van der Waals surface area contributed by atoms with Crippen LogP contribution >= 0.6 is 0 Å². The van der Waals surface area contributed by atoms with E-state index in [2.05, 4.69) is 31.3 Å². The number of benzene rings is 1. The van der Waals surface area contributed by atoms with E-state index >= 15 is 0 Å². The van der Waals surface area contributed by atoms with Crippen LogP contribution < -0.4 is 10.1 Å². The summed E-state index contributed by atoms with van der Waals surface area (Å²) in [4.78, 5) is 0. The summed E-state index contributed by atoms with van der Waals surface area (Å²) >= 11 is 0. The van der Waals surface area contributed by atoms with E-state index in [-0.39, 0.29) is 11.6 Å². The largest absolute Gasteiger partial charge is 0.494 e. The van der Waals surface area contributed by atoms with Crippen molar-refractivity contribution in [1.82, 2.24) is 5.32 Å². The van der Waals surface area contributed by atoms with Gasteiger partial charge in [0.15, 0.2) is 0 Å². The number of hydrogen-bond acceptors (Lipinski definition) is 3. The molecule has 1 rings (SSSR count). The Labute approximate surface area is 117 Å². The Bertz CT molecular complexity index is 367. The van der Waals surface area contributed by atoms with Crippen LogP contribution in [0.25, 0.3) is 0 Å². The van der Waals surface area contributed by atoms with E-state index in [9.17, 15) is 0 Å². The van der Waals surface area contributed by atoms with E-state index in [1.165, 1.54) is 5.56 Å². The maximum atomic E-state index is 5.84. The lowest BCUT2D eigenvalue weighted by atomic mass is 9.84. The normalized spacial score (nSPS) is 13.3. The summed E-state index contributed by atoms with van der Waals surface area (Å²) in [5.74, 6) is 0.914. The van der Waals surface area contributed by atoms with Gasteiger partial charge < -0.3 is 14.8 Å². The van der Waals surface area contributed by atoms with E-state index in [4.69, 9.17) is 9.47 Å². The van der Waals surface area contributed by atoms with Gasteiger partial charge in [0.25, 0.3) is 0 Å². The molecule has 3 nitrogen and oxygen atoms in total. The lowest BCUT2D eigenvalue weighted by Gasteiger charge is -2.38. The molecule has 0 spiro atoms. The molecule has 0 radical (unpaired) electrons. The molecule has 0 saturated heterocycles. The van der Waals surface area contributed by atoms with Crippen LogP contribution in [0.15, 0.2) is 24.3 Å². The van der Waals surface area contributed by atoms with Crippen LogP contribution in [0.1, 0.15) is 45.2 Å². The predicted octanol–water partition coefficient (Wildman–Crippen LogP) is 3.55. The monoisotopic (exact) mass is 265 g/mol. The van der Waals surface area contributed by atoms with E-state index in [0.717, 1.165) is 18.6 Å². The molecule has 0 aromatic heterocycles. The van der Waals surface area contributed by atoms with Crippen molar-refractivity contribution in [3.05, 3.63) is 29.8 Å². The molecular weight excluding hydrogens is 238 g/mol. The first-order chi connectivity index (χ1) is 9.17. The molecule has 1 atom stereocenters. The molecule has 0 aliphatic heterocycles. The van der Waals surface area contributed by atoms with E-state index in [1.54, 1.807) is 7.11 Å². The Hall–Kier alpha value is -1.06. The van der Waals surface area contributed by atoms with Crippen LogP contribution in [0.3, 0.4) is 0 Å². The molecule has 3 heteroatoms. The summed E-state index contributed by atoms with van der Waals surface area (Å²) in [6.07, 6.45) is 1.93. The number of hydrogen-bond donors (Lipinski definition) is 1. The summed E-state index contributed by atoms with van der Waals surface area (Å²) in [6, 6.07) is 8.42. The first-order valence-corrected chi connectivity index (χ1v) is 7.12.